The average Bonchev–Trinajstić information content (AvgIpc) is 3.57. The Morgan fingerprint density at radius 3 is 2.52 bits per heavy atom. The number of thioether (sulfide) groups is 1. The van der Waals surface area contributed by atoms with Crippen molar-refractivity contribution in [3.63, 3.8) is 0 Å². The predicted molar refractivity (Wildman–Crippen MR) is 143 cm³/mol. The van der Waals surface area contributed by atoms with Crippen molar-refractivity contribution in [1.29, 1.82) is 0 Å². The molecule has 2 fully saturated rings. The highest BCUT2D eigenvalue weighted by atomic mass is 32.2. The third-order valence-electron chi connectivity index (χ3n) is 7.40. The van der Waals surface area contributed by atoms with Crippen molar-refractivity contribution < 1.29 is 14.3 Å². The van der Waals surface area contributed by atoms with Crippen molar-refractivity contribution in [1.82, 2.24) is 0 Å². The van der Waals surface area contributed by atoms with Gasteiger partial charge in [-0.1, -0.05) is 83.3 Å². The minimum absolute atomic E-state index is 0.0706. The summed E-state index contributed by atoms with van der Waals surface area (Å²) in [6.45, 7) is 12.8. The summed E-state index contributed by atoms with van der Waals surface area (Å²) in [6.07, 6.45) is 18.8. The highest BCUT2D eigenvalue weighted by Crippen LogP contribution is 2.38. The lowest BCUT2D eigenvalue weighted by Gasteiger charge is -2.38. The van der Waals surface area contributed by atoms with Crippen LogP contribution in [0.1, 0.15) is 91.9 Å². The second-order valence-corrected chi connectivity index (χ2v) is 11.8. The molecule has 2 aliphatic carbocycles. The molecule has 3 unspecified atom stereocenters. The minimum Gasteiger partial charge on any atom is -0.359 e. The number of hydrogen-bond acceptors (Lipinski definition) is 4. The van der Waals surface area contributed by atoms with Crippen LogP contribution in [0.15, 0.2) is 36.0 Å². The molecule has 2 saturated carbocycles. The number of rotatable bonds is 18. The minimum atomic E-state index is -0.889. The molecule has 0 aliphatic heterocycles. The first kappa shape index (κ1) is 28.4. The van der Waals surface area contributed by atoms with Crippen LogP contribution in [0.25, 0.3) is 0 Å². The molecule has 3 nitrogen and oxygen atoms in total. The number of ketones is 1. The highest BCUT2D eigenvalue weighted by Gasteiger charge is 2.43. The number of carbonyl (C=O) groups excluding carboxylic acids is 1. The van der Waals surface area contributed by atoms with E-state index in [0.29, 0.717) is 12.3 Å². The molecule has 0 N–H and O–H groups in total. The van der Waals surface area contributed by atoms with Crippen LogP contribution in [-0.4, -0.2) is 36.3 Å². The molecule has 0 spiro atoms. The molecule has 0 bridgehead atoms. The summed E-state index contributed by atoms with van der Waals surface area (Å²) in [5, 5.41) is 0.742. The van der Waals surface area contributed by atoms with E-state index >= 15 is 0 Å². The molecular formula is C29H48O3S. The number of Topliss-reactive ketones (excluding diaryl/α,β-unsaturated/α-hetero) is 1. The standard InChI is InChI=1S/C29H48O3S/c1-7-22(2)14-15-27(11-8-10-26-16-17-26)18-23(3)19-29(25(5)30,32-21-31-6)24(4)20-33-28-12-9-13-28/h14-15,18,22,24,26,28H,3,7-13,16-17,19-21H2,1-2,4-6H3/b15-14-,27-18-. The molecule has 188 valence electrons. The summed E-state index contributed by atoms with van der Waals surface area (Å²) in [7, 11) is 1.62. The second kappa shape index (κ2) is 14.5. The average molecular weight is 477 g/mol. The van der Waals surface area contributed by atoms with E-state index in [0.717, 1.165) is 35.3 Å². The molecule has 2 aliphatic rings. The Hall–Kier alpha value is -0.840. The van der Waals surface area contributed by atoms with Crippen molar-refractivity contribution in [2.75, 3.05) is 19.7 Å². The maximum Gasteiger partial charge on any atom is 0.162 e. The Morgan fingerprint density at radius 2 is 1.97 bits per heavy atom. The van der Waals surface area contributed by atoms with Gasteiger partial charge in [0.2, 0.25) is 0 Å². The van der Waals surface area contributed by atoms with Crippen LogP contribution in [0.2, 0.25) is 0 Å². The van der Waals surface area contributed by atoms with E-state index in [1.54, 1.807) is 14.0 Å². The molecule has 0 aromatic rings. The van der Waals surface area contributed by atoms with E-state index in [4.69, 9.17) is 9.47 Å². The van der Waals surface area contributed by atoms with Crippen LogP contribution in [0.4, 0.5) is 0 Å². The van der Waals surface area contributed by atoms with E-state index in [2.05, 4.69) is 45.6 Å². The predicted octanol–water partition coefficient (Wildman–Crippen LogP) is 7.91. The first-order chi connectivity index (χ1) is 15.8. The summed E-state index contributed by atoms with van der Waals surface area (Å²) in [5.41, 5.74) is 1.40. The molecule has 0 saturated heterocycles. The van der Waals surface area contributed by atoms with Gasteiger partial charge in [-0.15, -0.1) is 0 Å². The van der Waals surface area contributed by atoms with Crippen molar-refractivity contribution in [3.8, 4) is 0 Å². The third-order valence-corrected chi connectivity index (χ3v) is 9.03. The smallest absolute Gasteiger partial charge is 0.162 e. The monoisotopic (exact) mass is 476 g/mol. The summed E-state index contributed by atoms with van der Waals surface area (Å²) >= 11 is 1.99. The van der Waals surface area contributed by atoms with E-state index in [9.17, 15) is 4.79 Å². The van der Waals surface area contributed by atoms with E-state index < -0.39 is 5.60 Å². The van der Waals surface area contributed by atoms with Gasteiger partial charge in [0.1, 0.15) is 12.4 Å². The van der Waals surface area contributed by atoms with E-state index in [-0.39, 0.29) is 18.5 Å². The zero-order valence-corrected chi connectivity index (χ0v) is 22.7. The van der Waals surface area contributed by atoms with Crippen LogP contribution in [0, 0.1) is 17.8 Å². The van der Waals surface area contributed by atoms with Gasteiger partial charge in [-0.05, 0) is 55.8 Å². The molecule has 0 radical (unpaired) electrons. The number of allylic oxidation sites excluding steroid dienone is 4. The lowest BCUT2D eigenvalue weighted by Crippen LogP contribution is -2.48. The second-order valence-electron chi connectivity index (χ2n) is 10.4. The van der Waals surface area contributed by atoms with Crippen molar-refractivity contribution in [2.24, 2.45) is 17.8 Å². The maximum atomic E-state index is 13.0. The fraction of sp³-hybridized carbons (Fsp3) is 0.759. The maximum absolute atomic E-state index is 13.0. The summed E-state index contributed by atoms with van der Waals surface area (Å²) in [6, 6.07) is 0. The number of methoxy groups -OCH3 is 1. The topological polar surface area (TPSA) is 35.5 Å². The molecule has 4 heteroatoms. The van der Waals surface area contributed by atoms with Gasteiger partial charge in [-0.3, -0.25) is 4.79 Å². The zero-order valence-electron chi connectivity index (χ0n) is 21.9. The van der Waals surface area contributed by atoms with E-state index in [1.165, 1.54) is 50.5 Å². The Balaban J connectivity index is 2.13. The molecule has 33 heavy (non-hydrogen) atoms. The summed E-state index contributed by atoms with van der Waals surface area (Å²) < 4.78 is 11.4. The van der Waals surface area contributed by atoms with Gasteiger partial charge in [-0.2, -0.15) is 11.8 Å². The number of carbonyl (C=O) groups is 1. The Labute approximate surface area is 207 Å². The molecule has 0 aromatic carbocycles. The van der Waals surface area contributed by atoms with Crippen molar-refractivity contribution >= 4 is 17.5 Å². The first-order valence-electron chi connectivity index (χ1n) is 13.1. The molecule has 0 aromatic heterocycles. The van der Waals surface area contributed by atoms with Gasteiger partial charge in [0.25, 0.3) is 0 Å². The van der Waals surface area contributed by atoms with Crippen LogP contribution >= 0.6 is 11.8 Å². The van der Waals surface area contributed by atoms with Gasteiger partial charge < -0.3 is 9.47 Å². The fourth-order valence-electron chi connectivity index (χ4n) is 4.34. The summed E-state index contributed by atoms with van der Waals surface area (Å²) in [5.74, 6) is 2.61. The van der Waals surface area contributed by atoms with Crippen molar-refractivity contribution in [3.05, 3.63) is 36.0 Å². The van der Waals surface area contributed by atoms with Gasteiger partial charge >= 0.3 is 0 Å². The van der Waals surface area contributed by atoms with Gasteiger partial charge in [0.05, 0.1) is 0 Å². The van der Waals surface area contributed by atoms with Crippen LogP contribution in [0.3, 0.4) is 0 Å². The first-order valence-corrected chi connectivity index (χ1v) is 14.2. The molecule has 0 amide bonds. The van der Waals surface area contributed by atoms with E-state index in [1.807, 2.05) is 11.8 Å². The third kappa shape index (κ3) is 9.74. The van der Waals surface area contributed by atoms with Gasteiger partial charge in [-0.25, -0.2) is 0 Å². The highest BCUT2D eigenvalue weighted by molar-refractivity contribution is 7.99. The largest absolute Gasteiger partial charge is 0.359 e. The molecule has 0 heterocycles. The van der Waals surface area contributed by atoms with Crippen LogP contribution in [-0.2, 0) is 14.3 Å². The van der Waals surface area contributed by atoms with Crippen LogP contribution in [0.5, 0.6) is 0 Å². The number of ether oxygens (including phenoxy) is 2. The number of hydrogen-bond donors (Lipinski definition) is 0. The van der Waals surface area contributed by atoms with Crippen molar-refractivity contribution in [2.45, 2.75) is 103 Å². The van der Waals surface area contributed by atoms with Crippen LogP contribution < -0.4 is 0 Å². The lowest BCUT2D eigenvalue weighted by molar-refractivity contribution is -0.170. The SMILES string of the molecule is C=C(/C=C(\C=C/C(C)CC)CCCC1CC1)CC(OCOC)(C(C)=O)C(C)CSC1CCC1. The fourth-order valence-corrected chi connectivity index (χ4v) is 5.83. The quantitative estimate of drug-likeness (QED) is 0.149. The normalized spacial score (nSPS) is 20.9. The Kier molecular flexibility index (Phi) is 12.5. The van der Waals surface area contributed by atoms with Gasteiger partial charge in [0, 0.05) is 24.7 Å². The molecular weight excluding hydrogens is 428 g/mol. The van der Waals surface area contributed by atoms with Gasteiger partial charge in [0.15, 0.2) is 5.78 Å². The lowest BCUT2D eigenvalue weighted by atomic mass is 9.80. The molecule has 2 rings (SSSR count). The Bertz CT molecular complexity index is 674. The summed E-state index contributed by atoms with van der Waals surface area (Å²) in [4.78, 5) is 13.0. The zero-order chi connectivity index (χ0) is 24.3. The molecule has 3 atom stereocenters. The Morgan fingerprint density at radius 1 is 1.24 bits per heavy atom.